The average molecular weight is 58.3 g/mol. The normalized spacial score (nSPS) is 6.40. The summed E-state index contributed by atoms with van der Waals surface area (Å²) in [5, 5.41) is 2.42. The third kappa shape index (κ3) is 4.22. The van der Waals surface area contributed by atoms with Crippen LogP contribution >= 0.6 is 0 Å². The van der Waals surface area contributed by atoms with Gasteiger partial charge in [0.1, 0.15) is 14.6 Å². The molecule has 0 atom stereocenters. The van der Waals surface area contributed by atoms with E-state index in [-0.39, 0.29) is 0 Å². The van der Waals surface area contributed by atoms with Gasteiger partial charge in [-0.2, -0.15) is 0 Å². The lowest BCUT2D eigenvalue weighted by atomic mass is 9.56. The van der Waals surface area contributed by atoms with Crippen LogP contribution in [0.5, 0.6) is 0 Å². The summed E-state index contributed by atoms with van der Waals surface area (Å²) in [4.78, 5) is 0. The Bertz CT molecular complexity index is 11.1. The Morgan fingerprint density at radius 2 is 1.60 bits per heavy atom. The first kappa shape index (κ1) is 5.22. The maximum Gasteiger partial charge on any atom is 0.130 e. The summed E-state index contributed by atoms with van der Waals surface area (Å²) in [6.45, 7) is 0. The fourth-order valence-electron chi connectivity index (χ4n) is 0.0556. The molecule has 0 rings (SSSR count). The van der Waals surface area contributed by atoms with Gasteiger partial charge < -0.3 is 5.14 Å². The van der Waals surface area contributed by atoms with Crippen molar-refractivity contribution in [3.05, 3.63) is 0 Å². The molecule has 1 nitrogen and oxygen atoms in total. The maximum absolute atomic E-state index is 4.79. The van der Waals surface area contributed by atoms with Crippen molar-refractivity contribution in [2.24, 2.45) is 0 Å². The molecule has 18 valence electrons. The average Bonchev–Trinajstić information content (AvgIpc) is 1.41. The Labute approximate surface area is 36.2 Å². The SMILES string of the molecule is [B][B]N[B][B]. The number of hydrogen-bond donors (Lipinski definition) is 1. The lowest BCUT2D eigenvalue weighted by molar-refractivity contribution is 1.65. The summed E-state index contributed by atoms with van der Waals surface area (Å²) in [7, 11) is 12.1. The van der Waals surface area contributed by atoms with E-state index in [1.807, 2.05) is 0 Å². The summed E-state index contributed by atoms with van der Waals surface area (Å²) in [6, 6.07) is 0. The molecule has 0 aliphatic heterocycles. The van der Waals surface area contributed by atoms with Gasteiger partial charge in [0.15, 0.2) is 0 Å². The van der Waals surface area contributed by atoms with Crippen LogP contribution in [0, 0.1) is 0 Å². The van der Waals surface area contributed by atoms with Gasteiger partial charge in [-0.25, -0.2) is 0 Å². The third-order valence-corrected chi connectivity index (χ3v) is 0.192. The van der Waals surface area contributed by atoms with Gasteiger partial charge in [-0.1, -0.05) is 0 Å². The van der Waals surface area contributed by atoms with Gasteiger partial charge >= 0.3 is 0 Å². The molecule has 0 aromatic carbocycles. The molecular formula is HB4N. The Hall–Kier alpha value is 0.220. The Balaban J connectivity index is 2.19. The summed E-state index contributed by atoms with van der Waals surface area (Å²) >= 11 is 0. The van der Waals surface area contributed by atoms with Gasteiger partial charge in [0.2, 0.25) is 0 Å². The van der Waals surface area contributed by atoms with Crippen molar-refractivity contribution >= 4 is 30.1 Å². The molecule has 6 radical (unpaired) electrons. The number of hydrogen-bond acceptors (Lipinski definition) is 1. The summed E-state index contributed by atoms with van der Waals surface area (Å²) < 4.78 is 0. The quantitative estimate of drug-likeness (QED) is 0.362. The molecule has 0 fully saturated rings. The Kier molecular flexibility index (Phi) is 4.41. The minimum absolute atomic E-state index is 1.25. The van der Waals surface area contributed by atoms with Crippen molar-refractivity contribution in [2.75, 3.05) is 0 Å². The van der Waals surface area contributed by atoms with Crippen LogP contribution in [0.15, 0.2) is 0 Å². The van der Waals surface area contributed by atoms with Gasteiger partial charge in [-0.05, 0) is 0 Å². The standard InChI is InChI=1S/B4HN/c1-3-5-4-2/h5H. The fourth-order valence-corrected chi connectivity index (χ4v) is 0.0556. The van der Waals surface area contributed by atoms with Crippen LogP contribution in [-0.4, -0.2) is 30.1 Å². The lowest BCUT2D eigenvalue weighted by Crippen LogP contribution is -2.23. The van der Waals surface area contributed by atoms with Crippen molar-refractivity contribution in [1.29, 1.82) is 0 Å². The van der Waals surface area contributed by atoms with Crippen LogP contribution in [0.2, 0.25) is 0 Å². The number of rotatable bonds is 2. The van der Waals surface area contributed by atoms with Crippen LogP contribution in [0.4, 0.5) is 0 Å². The van der Waals surface area contributed by atoms with Crippen LogP contribution in [0.25, 0.3) is 0 Å². The fraction of sp³-hybridized carbons (Fsp3) is 0. The highest BCUT2D eigenvalue weighted by atomic mass is 14.6. The first-order valence-corrected chi connectivity index (χ1v) is 1.24. The molecule has 1 N–H and O–H groups in total. The molecule has 0 aromatic rings. The summed E-state index contributed by atoms with van der Waals surface area (Å²) in [5.41, 5.74) is 0. The second kappa shape index (κ2) is 4.22. The molecular weight excluding hydrogens is 57.3 g/mol. The summed E-state index contributed by atoms with van der Waals surface area (Å²) in [6.07, 6.45) is 0. The minimum atomic E-state index is 1.25. The molecule has 0 saturated carbocycles. The van der Waals surface area contributed by atoms with Crippen molar-refractivity contribution in [1.82, 2.24) is 5.14 Å². The molecule has 0 spiro atoms. The first-order chi connectivity index (χ1) is 2.41. The molecule has 0 heterocycles. The molecule has 0 amide bonds. The zero-order valence-electron chi connectivity index (χ0n) is 2.81. The van der Waals surface area contributed by atoms with Crippen LogP contribution in [0.1, 0.15) is 0 Å². The second-order valence-corrected chi connectivity index (χ2v) is 0.500. The zero-order chi connectivity index (χ0) is 4.12. The van der Waals surface area contributed by atoms with Crippen molar-refractivity contribution in [2.45, 2.75) is 0 Å². The lowest BCUT2D eigenvalue weighted by Gasteiger charge is -1.83. The zero-order valence-corrected chi connectivity index (χ0v) is 2.81. The van der Waals surface area contributed by atoms with Gasteiger partial charge in [0.05, 0.1) is 0 Å². The summed E-state index contributed by atoms with van der Waals surface area (Å²) in [5.74, 6) is 0. The molecule has 0 aliphatic rings. The van der Waals surface area contributed by atoms with E-state index < -0.39 is 0 Å². The molecule has 0 unspecified atom stereocenters. The first-order valence-electron chi connectivity index (χ1n) is 1.24. The largest absolute Gasteiger partial charge is 0.421 e. The smallest absolute Gasteiger partial charge is 0.130 e. The van der Waals surface area contributed by atoms with E-state index >= 15 is 0 Å². The van der Waals surface area contributed by atoms with Crippen molar-refractivity contribution < 1.29 is 0 Å². The highest BCUT2D eigenvalue weighted by Gasteiger charge is 1.69. The van der Waals surface area contributed by atoms with E-state index in [1.54, 1.807) is 0 Å². The topological polar surface area (TPSA) is 12.0 Å². The molecule has 5 heteroatoms. The van der Waals surface area contributed by atoms with Gasteiger partial charge in [-0.3, -0.25) is 0 Å². The van der Waals surface area contributed by atoms with Crippen LogP contribution in [0.3, 0.4) is 0 Å². The van der Waals surface area contributed by atoms with Crippen LogP contribution < -0.4 is 5.14 Å². The van der Waals surface area contributed by atoms with E-state index in [2.05, 4.69) is 5.14 Å². The highest BCUT2D eigenvalue weighted by molar-refractivity contribution is 6.99. The monoisotopic (exact) mass is 59.0 g/mol. The Morgan fingerprint density at radius 1 is 1.20 bits per heavy atom. The molecule has 0 aliphatic carbocycles. The van der Waals surface area contributed by atoms with Gasteiger partial charge in [0.25, 0.3) is 0 Å². The molecule has 5 heavy (non-hydrogen) atoms. The predicted molar refractivity (Wildman–Crippen MR) is 26.2 cm³/mol. The van der Waals surface area contributed by atoms with E-state index in [0.717, 1.165) is 0 Å². The van der Waals surface area contributed by atoms with E-state index in [9.17, 15) is 0 Å². The predicted octanol–water partition coefficient (Wildman–Crippen LogP) is -2.02. The van der Waals surface area contributed by atoms with E-state index in [1.165, 1.54) is 14.6 Å². The molecule has 0 aromatic heterocycles. The van der Waals surface area contributed by atoms with Gasteiger partial charge in [0, 0.05) is 15.5 Å². The molecule has 0 saturated heterocycles. The van der Waals surface area contributed by atoms with Crippen molar-refractivity contribution in [3.8, 4) is 0 Å². The molecule has 0 bridgehead atoms. The van der Waals surface area contributed by atoms with Crippen molar-refractivity contribution in [3.63, 3.8) is 0 Å². The third-order valence-electron chi connectivity index (χ3n) is 0.192. The second-order valence-electron chi connectivity index (χ2n) is 0.500. The number of nitrogens with one attached hydrogen (secondary N) is 1. The minimum Gasteiger partial charge on any atom is -0.421 e. The highest BCUT2D eigenvalue weighted by Crippen LogP contribution is 1.25. The van der Waals surface area contributed by atoms with E-state index in [4.69, 9.17) is 15.5 Å². The van der Waals surface area contributed by atoms with E-state index in [0.29, 0.717) is 0 Å². The van der Waals surface area contributed by atoms with Gasteiger partial charge in [-0.15, -0.1) is 0 Å². The Morgan fingerprint density at radius 3 is 1.60 bits per heavy atom. The van der Waals surface area contributed by atoms with Crippen LogP contribution in [-0.2, 0) is 0 Å². The maximum atomic E-state index is 4.79.